The van der Waals surface area contributed by atoms with Crippen molar-refractivity contribution >= 4 is 32.5 Å². The second kappa shape index (κ2) is 8.94. The summed E-state index contributed by atoms with van der Waals surface area (Å²) in [5, 5.41) is 4.41. The molecular formula is C24H35N3O3S. The summed E-state index contributed by atoms with van der Waals surface area (Å²) in [5.41, 5.74) is 5.05. The van der Waals surface area contributed by atoms with Crippen molar-refractivity contribution in [2.24, 2.45) is 5.92 Å². The first kappa shape index (κ1) is 22.3. The molecule has 1 aromatic carbocycles. The maximum Gasteiger partial charge on any atom is 0.227 e. The highest BCUT2D eigenvalue weighted by Crippen LogP contribution is 2.36. The number of nitrogens with one attached hydrogen (secondary N) is 2. The van der Waals surface area contributed by atoms with Crippen LogP contribution in [0.1, 0.15) is 76.6 Å². The van der Waals surface area contributed by atoms with Crippen molar-refractivity contribution in [3.8, 4) is 0 Å². The van der Waals surface area contributed by atoms with Crippen LogP contribution in [-0.4, -0.2) is 30.7 Å². The number of hydrogen-bond donors (Lipinski definition) is 2. The number of anilines is 1. The van der Waals surface area contributed by atoms with E-state index in [1.165, 1.54) is 35.0 Å². The topological polar surface area (TPSA) is 80.2 Å². The number of carbonyl (C=O) groups excluding carboxylic acids is 1. The van der Waals surface area contributed by atoms with E-state index in [-0.39, 0.29) is 23.6 Å². The summed E-state index contributed by atoms with van der Waals surface area (Å²) in [4.78, 5) is 12.9. The Morgan fingerprint density at radius 2 is 1.84 bits per heavy atom. The lowest BCUT2D eigenvalue weighted by molar-refractivity contribution is -0.120. The summed E-state index contributed by atoms with van der Waals surface area (Å²) >= 11 is 0. The Morgan fingerprint density at radius 1 is 1.13 bits per heavy atom. The molecule has 0 unspecified atom stereocenters. The first-order valence-corrected chi connectivity index (χ1v) is 13.4. The first-order valence-electron chi connectivity index (χ1n) is 11.8. The van der Waals surface area contributed by atoms with Crippen LogP contribution in [0.15, 0.2) is 18.2 Å². The number of fused-ring (bicyclic) bond motifs is 3. The van der Waals surface area contributed by atoms with Crippen molar-refractivity contribution in [1.82, 2.24) is 9.29 Å². The molecule has 2 aliphatic carbocycles. The van der Waals surface area contributed by atoms with Gasteiger partial charge in [-0.2, -0.15) is 0 Å². The second-order valence-electron chi connectivity index (χ2n) is 9.39. The largest absolute Gasteiger partial charge is 0.342 e. The van der Waals surface area contributed by atoms with Gasteiger partial charge in [-0.1, -0.05) is 0 Å². The van der Waals surface area contributed by atoms with Crippen molar-refractivity contribution in [1.29, 1.82) is 0 Å². The third kappa shape index (κ3) is 4.67. The number of aryl methyl sites for hydroxylation is 1. The normalized spacial score (nSPS) is 21.9. The minimum absolute atomic E-state index is 0.0485. The second-order valence-corrected chi connectivity index (χ2v) is 11.4. The Bertz CT molecular complexity index is 1060. The lowest BCUT2D eigenvalue weighted by atomic mass is 9.86. The number of amides is 1. The zero-order chi connectivity index (χ0) is 22.2. The minimum atomic E-state index is -3.19. The van der Waals surface area contributed by atoms with Crippen LogP contribution in [-0.2, 0) is 27.7 Å². The molecule has 4 rings (SSSR count). The number of aromatic nitrogens is 1. The molecule has 1 heterocycles. The highest BCUT2D eigenvalue weighted by Gasteiger charge is 2.28. The van der Waals surface area contributed by atoms with Gasteiger partial charge in [0.2, 0.25) is 15.9 Å². The van der Waals surface area contributed by atoms with E-state index in [4.69, 9.17) is 0 Å². The molecule has 2 aliphatic rings. The van der Waals surface area contributed by atoms with Crippen molar-refractivity contribution < 1.29 is 13.2 Å². The zero-order valence-corrected chi connectivity index (χ0v) is 19.7. The van der Waals surface area contributed by atoms with Crippen LogP contribution in [0.5, 0.6) is 0 Å². The Morgan fingerprint density at radius 3 is 2.52 bits per heavy atom. The number of nitrogens with zero attached hydrogens (tertiary/aromatic N) is 1. The zero-order valence-electron chi connectivity index (χ0n) is 18.9. The highest BCUT2D eigenvalue weighted by atomic mass is 32.2. The highest BCUT2D eigenvalue weighted by molar-refractivity contribution is 7.89. The molecule has 1 aromatic heterocycles. The molecule has 0 radical (unpaired) electrons. The average Bonchev–Trinajstić information content (AvgIpc) is 3.08. The number of carbonyl (C=O) groups is 1. The number of benzene rings is 1. The monoisotopic (exact) mass is 445 g/mol. The molecule has 1 amide bonds. The van der Waals surface area contributed by atoms with E-state index >= 15 is 0 Å². The quantitative estimate of drug-likeness (QED) is 0.685. The summed E-state index contributed by atoms with van der Waals surface area (Å²) < 4.78 is 28.8. The molecule has 2 N–H and O–H groups in total. The van der Waals surface area contributed by atoms with E-state index in [0.717, 1.165) is 18.5 Å². The van der Waals surface area contributed by atoms with E-state index in [1.54, 1.807) is 6.92 Å². The molecular weight excluding hydrogens is 410 g/mol. The van der Waals surface area contributed by atoms with Gasteiger partial charge in [-0.25, -0.2) is 13.1 Å². The standard InChI is InChI=1S/C24H35N3O3S/c1-4-31(29,30)26-18-11-9-17(10-12-18)24(28)25-19-13-14-23-21(15-19)20-7-5-6-8-22(20)27(23)16(2)3/h13-18,26H,4-12H2,1-3H3,(H,25,28)/t17-,18-. The molecule has 0 aliphatic heterocycles. The number of hydrogen-bond acceptors (Lipinski definition) is 3. The Kier molecular flexibility index (Phi) is 6.44. The van der Waals surface area contributed by atoms with Crippen LogP contribution in [0.3, 0.4) is 0 Å². The lowest BCUT2D eigenvalue weighted by Crippen LogP contribution is -2.40. The summed E-state index contributed by atoms with van der Waals surface area (Å²) in [6, 6.07) is 6.69. The molecule has 7 heteroatoms. The maximum absolute atomic E-state index is 12.9. The summed E-state index contributed by atoms with van der Waals surface area (Å²) in [7, 11) is -3.19. The van der Waals surface area contributed by atoms with E-state index in [1.807, 2.05) is 6.07 Å². The smallest absolute Gasteiger partial charge is 0.227 e. The molecule has 31 heavy (non-hydrogen) atoms. The third-order valence-corrected chi connectivity index (χ3v) is 8.37. The van der Waals surface area contributed by atoms with Crippen molar-refractivity contribution in [2.45, 2.75) is 84.2 Å². The molecule has 0 atom stereocenters. The van der Waals surface area contributed by atoms with Gasteiger partial charge in [0.1, 0.15) is 0 Å². The summed E-state index contributed by atoms with van der Waals surface area (Å²) in [6.45, 7) is 6.12. The van der Waals surface area contributed by atoms with Gasteiger partial charge in [0.05, 0.1) is 5.75 Å². The predicted molar refractivity (Wildman–Crippen MR) is 126 cm³/mol. The van der Waals surface area contributed by atoms with E-state index < -0.39 is 10.0 Å². The van der Waals surface area contributed by atoms with Gasteiger partial charge >= 0.3 is 0 Å². The van der Waals surface area contributed by atoms with Crippen LogP contribution in [0.2, 0.25) is 0 Å². The fourth-order valence-corrected chi connectivity index (χ4v) is 6.21. The van der Waals surface area contributed by atoms with Crippen molar-refractivity contribution in [3.63, 3.8) is 0 Å². The van der Waals surface area contributed by atoms with Crippen molar-refractivity contribution in [3.05, 3.63) is 29.5 Å². The SMILES string of the molecule is CCS(=O)(=O)N[C@H]1CC[C@H](C(=O)Nc2ccc3c(c2)c2c(n3C(C)C)CCCC2)CC1. The van der Waals surface area contributed by atoms with Crippen LogP contribution in [0.25, 0.3) is 10.9 Å². The molecule has 1 fully saturated rings. The van der Waals surface area contributed by atoms with Gasteiger partial charge in [0.25, 0.3) is 0 Å². The Hall–Kier alpha value is -1.86. The molecule has 0 saturated heterocycles. The van der Waals surface area contributed by atoms with E-state index in [0.29, 0.717) is 31.7 Å². The van der Waals surface area contributed by atoms with Crippen molar-refractivity contribution in [2.75, 3.05) is 11.1 Å². The van der Waals surface area contributed by atoms with Gasteiger partial charge in [-0.3, -0.25) is 4.79 Å². The van der Waals surface area contributed by atoms with E-state index in [2.05, 4.69) is 40.6 Å². The molecule has 1 saturated carbocycles. The predicted octanol–water partition coefficient (Wildman–Crippen LogP) is 4.54. The van der Waals surface area contributed by atoms with Gasteiger partial charge in [0.15, 0.2) is 0 Å². The van der Waals surface area contributed by atoms with Gasteiger partial charge in [0, 0.05) is 40.3 Å². The van der Waals surface area contributed by atoms with Crippen LogP contribution in [0, 0.1) is 5.92 Å². The van der Waals surface area contributed by atoms with Crippen LogP contribution >= 0.6 is 0 Å². The molecule has 6 nitrogen and oxygen atoms in total. The third-order valence-electron chi connectivity index (χ3n) is 6.92. The van der Waals surface area contributed by atoms with E-state index in [9.17, 15) is 13.2 Å². The van der Waals surface area contributed by atoms with Crippen LogP contribution < -0.4 is 10.0 Å². The van der Waals surface area contributed by atoms with Crippen LogP contribution in [0.4, 0.5) is 5.69 Å². The fraction of sp³-hybridized carbons (Fsp3) is 0.625. The van der Waals surface area contributed by atoms with Gasteiger partial charge < -0.3 is 9.88 Å². The molecule has 2 aromatic rings. The molecule has 0 bridgehead atoms. The lowest BCUT2D eigenvalue weighted by Gasteiger charge is -2.28. The van der Waals surface area contributed by atoms with Gasteiger partial charge in [-0.15, -0.1) is 0 Å². The first-order chi connectivity index (χ1) is 14.8. The van der Waals surface area contributed by atoms with Gasteiger partial charge in [-0.05, 0) is 95.9 Å². The number of rotatable bonds is 6. The molecule has 170 valence electrons. The Labute approximate surface area is 185 Å². The fourth-order valence-electron chi connectivity index (χ4n) is 5.30. The maximum atomic E-state index is 12.9. The number of sulfonamides is 1. The minimum Gasteiger partial charge on any atom is -0.342 e. The Balaban J connectivity index is 1.46. The molecule has 0 spiro atoms. The average molecular weight is 446 g/mol. The summed E-state index contributed by atoms with van der Waals surface area (Å²) in [5.74, 6) is 0.0820. The summed E-state index contributed by atoms with van der Waals surface area (Å²) in [6.07, 6.45) is 7.56.